The molecule has 1 heterocycles. The van der Waals surface area contributed by atoms with Crippen molar-refractivity contribution in [1.29, 1.82) is 0 Å². The molecule has 0 amide bonds. The molecule has 1 atom stereocenters. The Morgan fingerprint density at radius 2 is 2.29 bits per heavy atom. The molecule has 4 heteroatoms. The molecule has 0 saturated carbocycles. The minimum atomic E-state index is 0.267. The molecule has 0 aliphatic carbocycles. The van der Waals surface area contributed by atoms with Crippen molar-refractivity contribution in [3.63, 3.8) is 0 Å². The van der Waals surface area contributed by atoms with Crippen molar-refractivity contribution in [1.82, 2.24) is 14.9 Å². The maximum Gasteiger partial charge on any atom is 0.0945 e. The smallest absolute Gasteiger partial charge is 0.0945 e. The molecule has 90 valence electrons. The number of halogens is 1. The lowest BCUT2D eigenvalue weighted by Crippen LogP contribution is -2.19. The predicted octanol–water partition coefficient (Wildman–Crippen LogP) is 2.92. The van der Waals surface area contributed by atoms with Crippen molar-refractivity contribution in [2.45, 2.75) is 19.5 Å². The van der Waals surface area contributed by atoms with Crippen molar-refractivity contribution >= 4 is 11.6 Å². The van der Waals surface area contributed by atoms with E-state index >= 15 is 0 Å². The zero-order valence-electron chi connectivity index (χ0n) is 10.0. The van der Waals surface area contributed by atoms with Gasteiger partial charge in [0.05, 0.1) is 12.0 Å². The molecule has 0 bridgehead atoms. The molecule has 0 radical (unpaired) electrons. The van der Waals surface area contributed by atoms with Gasteiger partial charge in [0, 0.05) is 30.9 Å². The largest absolute Gasteiger partial charge is 0.337 e. The van der Waals surface area contributed by atoms with E-state index in [-0.39, 0.29) is 6.04 Å². The fraction of sp³-hybridized carbons (Fsp3) is 0.308. The summed E-state index contributed by atoms with van der Waals surface area (Å²) in [7, 11) is 1.99. The number of hydrogen-bond donors (Lipinski definition) is 1. The van der Waals surface area contributed by atoms with E-state index in [2.05, 4.69) is 23.3 Å². The highest BCUT2D eigenvalue weighted by atomic mass is 35.5. The van der Waals surface area contributed by atoms with Gasteiger partial charge in [-0.05, 0) is 24.6 Å². The molecule has 0 spiro atoms. The van der Waals surface area contributed by atoms with E-state index in [1.807, 2.05) is 36.0 Å². The van der Waals surface area contributed by atoms with Crippen molar-refractivity contribution in [2.75, 3.05) is 0 Å². The molecule has 1 N–H and O–H groups in total. The van der Waals surface area contributed by atoms with Crippen LogP contribution in [0.5, 0.6) is 0 Å². The van der Waals surface area contributed by atoms with E-state index in [0.29, 0.717) is 0 Å². The molecule has 2 aromatic rings. The van der Waals surface area contributed by atoms with Crippen molar-refractivity contribution in [3.05, 3.63) is 53.1 Å². The average Bonchev–Trinajstić information content (AvgIpc) is 2.72. The predicted molar refractivity (Wildman–Crippen MR) is 69.9 cm³/mol. The Labute approximate surface area is 106 Å². The highest BCUT2D eigenvalue weighted by molar-refractivity contribution is 6.30. The van der Waals surface area contributed by atoms with E-state index in [1.54, 1.807) is 6.33 Å². The fourth-order valence-corrected chi connectivity index (χ4v) is 1.91. The van der Waals surface area contributed by atoms with E-state index in [9.17, 15) is 0 Å². The molecule has 0 saturated heterocycles. The minimum absolute atomic E-state index is 0.267. The highest BCUT2D eigenvalue weighted by Crippen LogP contribution is 2.17. The first kappa shape index (κ1) is 12.1. The topological polar surface area (TPSA) is 29.9 Å². The Morgan fingerprint density at radius 1 is 1.47 bits per heavy atom. The van der Waals surface area contributed by atoms with Gasteiger partial charge in [0.1, 0.15) is 0 Å². The second-order valence-electron chi connectivity index (χ2n) is 4.15. The lowest BCUT2D eigenvalue weighted by atomic mass is 10.1. The summed E-state index contributed by atoms with van der Waals surface area (Å²) in [6.45, 7) is 2.92. The Balaban J connectivity index is 1.98. The second kappa shape index (κ2) is 5.34. The first-order valence-corrected chi connectivity index (χ1v) is 5.98. The van der Waals surface area contributed by atoms with Crippen LogP contribution >= 0.6 is 11.6 Å². The van der Waals surface area contributed by atoms with Crippen molar-refractivity contribution < 1.29 is 0 Å². The second-order valence-corrected chi connectivity index (χ2v) is 4.59. The number of aryl methyl sites for hydroxylation is 1. The summed E-state index contributed by atoms with van der Waals surface area (Å²) in [5.74, 6) is 0. The summed E-state index contributed by atoms with van der Waals surface area (Å²) in [4.78, 5) is 4.09. The number of aromatic nitrogens is 2. The number of nitrogens with zero attached hydrogens (tertiary/aromatic N) is 2. The molecule has 1 aromatic heterocycles. The Hall–Kier alpha value is -1.32. The zero-order chi connectivity index (χ0) is 12.3. The Morgan fingerprint density at radius 3 is 2.94 bits per heavy atom. The van der Waals surface area contributed by atoms with Crippen molar-refractivity contribution in [3.8, 4) is 0 Å². The van der Waals surface area contributed by atoms with Crippen LogP contribution in [-0.2, 0) is 13.6 Å². The Kier molecular flexibility index (Phi) is 3.82. The lowest BCUT2D eigenvalue weighted by Gasteiger charge is -2.14. The van der Waals surface area contributed by atoms with Gasteiger partial charge < -0.3 is 9.88 Å². The zero-order valence-corrected chi connectivity index (χ0v) is 10.8. The third kappa shape index (κ3) is 3.08. The maximum atomic E-state index is 5.97. The molecule has 0 aliphatic heterocycles. The third-order valence-electron chi connectivity index (χ3n) is 2.85. The summed E-state index contributed by atoms with van der Waals surface area (Å²) < 4.78 is 2.01. The number of rotatable bonds is 4. The lowest BCUT2D eigenvalue weighted by molar-refractivity contribution is 0.558. The van der Waals surface area contributed by atoms with Gasteiger partial charge in [-0.1, -0.05) is 23.7 Å². The van der Waals surface area contributed by atoms with Crippen LogP contribution in [0, 0.1) is 0 Å². The van der Waals surface area contributed by atoms with Gasteiger partial charge in [0.15, 0.2) is 0 Å². The number of benzene rings is 1. The molecule has 0 unspecified atom stereocenters. The molecule has 1 aromatic carbocycles. The first-order valence-electron chi connectivity index (χ1n) is 5.61. The summed E-state index contributed by atoms with van der Waals surface area (Å²) in [6.07, 6.45) is 3.68. The van der Waals surface area contributed by atoms with Gasteiger partial charge in [-0.2, -0.15) is 0 Å². The quantitative estimate of drug-likeness (QED) is 0.903. The summed E-state index contributed by atoms with van der Waals surface area (Å²) in [6, 6.07) is 8.19. The molecule has 17 heavy (non-hydrogen) atoms. The standard InChI is InChI=1S/C13H16ClN3/c1-10(11-4-3-5-12(14)6-11)16-8-13-7-15-9-17(13)2/h3-7,9-10,16H,8H2,1-2H3/t10-/m1/s1. The van der Waals surface area contributed by atoms with Gasteiger partial charge in [-0.3, -0.25) is 0 Å². The third-order valence-corrected chi connectivity index (χ3v) is 3.09. The van der Waals surface area contributed by atoms with E-state index < -0.39 is 0 Å². The summed E-state index contributed by atoms with van der Waals surface area (Å²) in [5, 5.41) is 4.22. The monoisotopic (exact) mass is 249 g/mol. The first-order chi connectivity index (χ1) is 8.16. The van der Waals surface area contributed by atoms with Gasteiger partial charge >= 0.3 is 0 Å². The molecule has 0 aliphatic rings. The van der Waals surface area contributed by atoms with Gasteiger partial charge in [-0.15, -0.1) is 0 Å². The molecule has 0 fully saturated rings. The van der Waals surface area contributed by atoms with Crippen LogP contribution in [-0.4, -0.2) is 9.55 Å². The SMILES string of the molecule is C[C@@H](NCc1cncn1C)c1cccc(Cl)c1. The summed E-state index contributed by atoms with van der Waals surface area (Å²) >= 11 is 5.97. The van der Waals surface area contributed by atoms with Gasteiger partial charge in [-0.25, -0.2) is 4.98 Å². The van der Waals surface area contributed by atoms with Crippen LogP contribution in [0.15, 0.2) is 36.8 Å². The fourth-order valence-electron chi connectivity index (χ4n) is 1.71. The molecule has 2 rings (SSSR count). The van der Waals surface area contributed by atoms with Gasteiger partial charge in [0.2, 0.25) is 0 Å². The van der Waals surface area contributed by atoms with E-state index in [1.165, 1.54) is 11.3 Å². The maximum absolute atomic E-state index is 5.97. The molecular formula is C13H16ClN3. The minimum Gasteiger partial charge on any atom is -0.337 e. The average molecular weight is 250 g/mol. The van der Waals surface area contributed by atoms with E-state index in [0.717, 1.165) is 11.6 Å². The van der Waals surface area contributed by atoms with Crippen LogP contribution in [0.2, 0.25) is 5.02 Å². The number of hydrogen-bond acceptors (Lipinski definition) is 2. The molecular weight excluding hydrogens is 234 g/mol. The van der Waals surface area contributed by atoms with Gasteiger partial charge in [0.25, 0.3) is 0 Å². The van der Waals surface area contributed by atoms with Crippen LogP contribution in [0.25, 0.3) is 0 Å². The molecule has 3 nitrogen and oxygen atoms in total. The van der Waals surface area contributed by atoms with Crippen LogP contribution in [0.3, 0.4) is 0 Å². The van der Waals surface area contributed by atoms with E-state index in [4.69, 9.17) is 11.6 Å². The highest BCUT2D eigenvalue weighted by Gasteiger charge is 2.06. The Bertz CT molecular complexity index is 493. The van der Waals surface area contributed by atoms with Crippen LogP contribution in [0.4, 0.5) is 0 Å². The van der Waals surface area contributed by atoms with Crippen LogP contribution in [0.1, 0.15) is 24.2 Å². The normalized spacial score (nSPS) is 12.6. The number of imidazole rings is 1. The summed E-state index contributed by atoms with van der Waals surface area (Å²) in [5.41, 5.74) is 2.36. The van der Waals surface area contributed by atoms with Crippen LogP contribution < -0.4 is 5.32 Å². The van der Waals surface area contributed by atoms with Crippen molar-refractivity contribution in [2.24, 2.45) is 7.05 Å². The number of nitrogens with one attached hydrogen (secondary N) is 1.